The zero-order valence-electron chi connectivity index (χ0n) is 16.0. The van der Waals surface area contributed by atoms with Gasteiger partial charge in [0.2, 0.25) is 10.0 Å². The standard InChI is InChI=1S/C18H19ClF3N3O3S/c1-24(2)16-8-5-11(18(20,21)22)9-15(16)23-17(26)13-10-12(6-7-14(13)19)29(27,28)25(3)4/h5-10H,1-4H3,(H,23,26). The fourth-order valence-electron chi connectivity index (χ4n) is 2.44. The number of sulfonamides is 1. The molecule has 0 spiro atoms. The molecule has 1 N–H and O–H groups in total. The highest BCUT2D eigenvalue weighted by Crippen LogP contribution is 2.35. The molecule has 11 heteroatoms. The number of nitrogens with zero attached hydrogens (tertiary/aromatic N) is 2. The highest BCUT2D eigenvalue weighted by atomic mass is 35.5. The SMILES string of the molecule is CN(C)c1ccc(C(F)(F)F)cc1NC(=O)c1cc(S(=O)(=O)N(C)C)ccc1Cl. The fraction of sp³-hybridized carbons (Fsp3) is 0.278. The Labute approximate surface area is 171 Å². The normalized spacial score (nSPS) is 12.2. The third-order valence-corrected chi connectivity index (χ3v) is 6.16. The van der Waals surface area contributed by atoms with E-state index in [1.54, 1.807) is 14.1 Å². The molecule has 2 aromatic rings. The average molecular weight is 450 g/mol. The Bertz CT molecular complexity index is 1040. The van der Waals surface area contributed by atoms with E-state index in [4.69, 9.17) is 11.6 Å². The van der Waals surface area contributed by atoms with Crippen LogP contribution in [0.2, 0.25) is 5.02 Å². The largest absolute Gasteiger partial charge is 0.416 e. The molecule has 0 aliphatic carbocycles. The number of carbonyl (C=O) groups excluding carboxylic acids is 1. The molecule has 0 unspecified atom stereocenters. The molecule has 0 fully saturated rings. The number of rotatable bonds is 5. The van der Waals surface area contributed by atoms with Crippen molar-refractivity contribution in [2.24, 2.45) is 0 Å². The smallest absolute Gasteiger partial charge is 0.376 e. The summed E-state index contributed by atoms with van der Waals surface area (Å²) in [6.07, 6.45) is -4.60. The van der Waals surface area contributed by atoms with Gasteiger partial charge in [-0.25, -0.2) is 12.7 Å². The second-order valence-corrected chi connectivity index (χ2v) is 9.07. The summed E-state index contributed by atoms with van der Waals surface area (Å²) in [5.74, 6) is -0.840. The maximum absolute atomic E-state index is 13.1. The monoisotopic (exact) mass is 449 g/mol. The number of alkyl halides is 3. The van der Waals surface area contributed by atoms with E-state index in [1.807, 2.05) is 0 Å². The summed E-state index contributed by atoms with van der Waals surface area (Å²) >= 11 is 6.03. The Kier molecular flexibility index (Phi) is 6.51. The van der Waals surface area contributed by atoms with Crippen molar-refractivity contribution in [1.82, 2.24) is 4.31 Å². The van der Waals surface area contributed by atoms with Crippen LogP contribution in [0, 0.1) is 0 Å². The number of benzene rings is 2. The highest BCUT2D eigenvalue weighted by Gasteiger charge is 2.31. The number of hydrogen-bond donors (Lipinski definition) is 1. The van der Waals surface area contributed by atoms with Crippen LogP contribution in [0.15, 0.2) is 41.3 Å². The molecule has 29 heavy (non-hydrogen) atoms. The van der Waals surface area contributed by atoms with Gasteiger partial charge in [-0.05, 0) is 36.4 Å². The van der Waals surface area contributed by atoms with Crippen molar-refractivity contribution >= 4 is 38.9 Å². The van der Waals surface area contributed by atoms with Crippen molar-refractivity contribution in [1.29, 1.82) is 0 Å². The lowest BCUT2D eigenvalue weighted by Gasteiger charge is -2.20. The second kappa shape index (κ2) is 8.21. The average Bonchev–Trinajstić information content (AvgIpc) is 2.60. The lowest BCUT2D eigenvalue weighted by molar-refractivity contribution is -0.137. The summed E-state index contributed by atoms with van der Waals surface area (Å²) in [6, 6.07) is 6.50. The molecule has 0 heterocycles. The summed E-state index contributed by atoms with van der Waals surface area (Å²) in [6.45, 7) is 0. The highest BCUT2D eigenvalue weighted by molar-refractivity contribution is 7.89. The van der Waals surface area contributed by atoms with Crippen LogP contribution in [-0.2, 0) is 16.2 Å². The topological polar surface area (TPSA) is 69.7 Å². The Morgan fingerprint density at radius 2 is 1.66 bits per heavy atom. The van der Waals surface area contributed by atoms with Gasteiger partial charge in [0, 0.05) is 28.2 Å². The van der Waals surface area contributed by atoms with E-state index in [2.05, 4.69) is 5.32 Å². The number of hydrogen-bond acceptors (Lipinski definition) is 4. The molecule has 1 amide bonds. The first kappa shape index (κ1) is 23.0. The molecule has 0 saturated heterocycles. The number of nitrogens with one attached hydrogen (secondary N) is 1. The molecule has 0 saturated carbocycles. The molecule has 0 bridgehead atoms. The van der Waals surface area contributed by atoms with Crippen LogP contribution in [0.3, 0.4) is 0 Å². The Balaban J connectivity index is 2.50. The Morgan fingerprint density at radius 3 is 2.17 bits per heavy atom. The minimum Gasteiger partial charge on any atom is -0.376 e. The fourth-order valence-corrected chi connectivity index (χ4v) is 3.57. The summed E-state index contributed by atoms with van der Waals surface area (Å²) in [5.41, 5.74) is -0.878. The van der Waals surface area contributed by atoms with E-state index >= 15 is 0 Å². The van der Waals surface area contributed by atoms with Crippen molar-refractivity contribution in [3.05, 3.63) is 52.5 Å². The van der Waals surface area contributed by atoms with Crippen LogP contribution in [0.25, 0.3) is 0 Å². The van der Waals surface area contributed by atoms with Gasteiger partial charge >= 0.3 is 6.18 Å². The molecule has 158 valence electrons. The van der Waals surface area contributed by atoms with Gasteiger partial charge in [-0.2, -0.15) is 13.2 Å². The summed E-state index contributed by atoms with van der Waals surface area (Å²) in [4.78, 5) is 14.1. The summed E-state index contributed by atoms with van der Waals surface area (Å²) < 4.78 is 64.8. The first-order chi connectivity index (χ1) is 13.2. The molecule has 0 aromatic heterocycles. The number of halogens is 4. The number of anilines is 2. The number of carbonyl (C=O) groups is 1. The quantitative estimate of drug-likeness (QED) is 0.751. The maximum atomic E-state index is 13.1. The van der Waals surface area contributed by atoms with Crippen molar-refractivity contribution < 1.29 is 26.4 Å². The maximum Gasteiger partial charge on any atom is 0.416 e. The number of amides is 1. The summed E-state index contributed by atoms with van der Waals surface area (Å²) in [5, 5.41) is 2.35. The molecule has 6 nitrogen and oxygen atoms in total. The second-order valence-electron chi connectivity index (χ2n) is 6.51. The molecule has 0 atom stereocenters. The molecular formula is C18H19ClF3N3O3S. The van der Waals surface area contributed by atoms with E-state index in [-0.39, 0.29) is 21.2 Å². The van der Waals surface area contributed by atoms with E-state index in [1.165, 1.54) is 37.2 Å². The van der Waals surface area contributed by atoms with Gasteiger partial charge in [-0.1, -0.05) is 11.6 Å². The minimum absolute atomic E-state index is 0.0430. The van der Waals surface area contributed by atoms with E-state index in [0.29, 0.717) is 5.69 Å². The van der Waals surface area contributed by atoms with Gasteiger partial charge < -0.3 is 10.2 Å². The minimum atomic E-state index is -4.60. The lowest BCUT2D eigenvalue weighted by atomic mass is 10.1. The van der Waals surface area contributed by atoms with Gasteiger partial charge in [-0.15, -0.1) is 0 Å². The van der Waals surface area contributed by atoms with Crippen LogP contribution < -0.4 is 10.2 Å². The first-order valence-electron chi connectivity index (χ1n) is 8.17. The third kappa shape index (κ3) is 5.01. The van der Waals surface area contributed by atoms with Gasteiger partial charge in [0.1, 0.15) is 0 Å². The van der Waals surface area contributed by atoms with Crippen LogP contribution in [0.4, 0.5) is 24.5 Å². The molecule has 0 aliphatic heterocycles. The molecule has 2 aromatic carbocycles. The van der Waals surface area contributed by atoms with E-state index < -0.39 is 27.7 Å². The molecule has 2 rings (SSSR count). The predicted octanol–water partition coefficient (Wildman–Crippen LogP) is 3.93. The Hall–Kier alpha value is -2.30. The van der Waals surface area contributed by atoms with Gasteiger partial charge in [0.05, 0.1) is 32.4 Å². The van der Waals surface area contributed by atoms with Gasteiger partial charge in [0.25, 0.3) is 5.91 Å². The zero-order valence-corrected chi connectivity index (χ0v) is 17.6. The predicted molar refractivity (Wildman–Crippen MR) is 106 cm³/mol. The van der Waals surface area contributed by atoms with Crippen molar-refractivity contribution in [2.75, 3.05) is 38.4 Å². The first-order valence-corrected chi connectivity index (χ1v) is 9.99. The molecular weight excluding hydrogens is 431 g/mol. The van der Waals surface area contributed by atoms with Gasteiger partial charge in [0.15, 0.2) is 0 Å². The Morgan fingerprint density at radius 1 is 1.03 bits per heavy atom. The molecule has 0 radical (unpaired) electrons. The van der Waals surface area contributed by atoms with Crippen LogP contribution in [-0.4, -0.2) is 46.8 Å². The van der Waals surface area contributed by atoms with E-state index in [0.717, 1.165) is 22.5 Å². The van der Waals surface area contributed by atoms with Crippen molar-refractivity contribution in [2.45, 2.75) is 11.1 Å². The van der Waals surface area contributed by atoms with Crippen molar-refractivity contribution in [3.8, 4) is 0 Å². The summed E-state index contributed by atoms with van der Waals surface area (Å²) in [7, 11) is 2.04. The third-order valence-electron chi connectivity index (χ3n) is 4.01. The zero-order chi connectivity index (χ0) is 22.1. The molecule has 0 aliphatic rings. The van der Waals surface area contributed by atoms with Gasteiger partial charge in [-0.3, -0.25) is 4.79 Å². The van der Waals surface area contributed by atoms with Crippen molar-refractivity contribution in [3.63, 3.8) is 0 Å². The van der Waals surface area contributed by atoms with E-state index in [9.17, 15) is 26.4 Å². The van der Waals surface area contributed by atoms with Crippen LogP contribution in [0.1, 0.15) is 15.9 Å². The van der Waals surface area contributed by atoms with Crippen LogP contribution in [0.5, 0.6) is 0 Å². The van der Waals surface area contributed by atoms with Crippen LogP contribution >= 0.6 is 11.6 Å². The lowest BCUT2D eigenvalue weighted by Crippen LogP contribution is -2.23.